The molecule has 0 heterocycles. The largest absolute Gasteiger partial charge is 0.495 e. The zero-order valence-electron chi connectivity index (χ0n) is 16.7. The molecule has 0 saturated carbocycles. The van der Waals surface area contributed by atoms with Crippen molar-refractivity contribution in [2.45, 2.75) is 30.2 Å². The first-order chi connectivity index (χ1) is 13.8. The maximum Gasteiger partial charge on any atom is 0.241 e. The molecule has 0 aliphatic rings. The summed E-state index contributed by atoms with van der Waals surface area (Å²) in [6.45, 7) is 5.35. The van der Waals surface area contributed by atoms with Crippen LogP contribution in [0.4, 0.5) is 0 Å². The molecule has 0 aliphatic heterocycles. The Bertz CT molecular complexity index is 907. The maximum atomic E-state index is 11.8. The molecule has 2 unspecified atom stereocenters. The number of alkyl halides is 1. The first kappa shape index (κ1) is 23.3. The van der Waals surface area contributed by atoms with Crippen molar-refractivity contribution in [3.05, 3.63) is 48.0 Å². The number of methoxy groups -OCH3 is 1. The minimum absolute atomic E-state index is 0.0915. The molecule has 7 nitrogen and oxygen atoms in total. The van der Waals surface area contributed by atoms with Gasteiger partial charge in [-0.05, 0) is 43.7 Å². The number of ether oxygens (including phenoxy) is 3. The molecule has 0 amide bonds. The second-order valence-corrected chi connectivity index (χ2v) is 8.33. The lowest BCUT2D eigenvalue weighted by Gasteiger charge is -2.21. The Morgan fingerprint density at radius 2 is 1.76 bits per heavy atom. The van der Waals surface area contributed by atoms with Gasteiger partial charge in [-0.15, -0.1) is 11.6 Å². The maximum absolute atomic E-state index is 11.8. The molecule has 3 N–H and O–H groups in total. The number of para-hydroxylation sites is 2. The van der Waals surface area contributed by atoms with E-state index in [1.54, 1.807) is 12.1 Å². The average Bonchev–Trinajstić information content (AvgIpc) is 2.70. The predicted molar refractivity (Wildman–Crippen MR) is 114 cm³/mol. The van der Waals surface area contributed by atoms with Crippen LogP contribution in [-0.4, -0.2) is 41.3 Å². The van der Waals surface area contributed by atoms with Crippen LogP contribution in [0.3, 0.4) is 0 Å². The average molecular weight is 443 g/mol. The molecule has 2 atom stereocenters. The van der Waals surface area contributed by atoms with E-state index in [1.165, 1.54) is 13.2 Å². The number of nitrogens with one attached hydrogen (secondary N) is 1. The van der Waals surface area contributed by atoms with Crippen molar-refractivity contribution in [3.8, 4) is 17.2 Å². The van der Waals surface area contributed by atoms with Gasteiger partial charge >= 0.3 is 0 Å². The molecular formula is C20H27ClN2O5S. The number of sulfonamides is 1. The van der Waals surface area contributed by atoms with Crippen molar-refractivity contribution in [1.29, 1.82) is 0 Å². The van der Waals surface area contributed by atoms with Crippen molar-refractivity contribution in [3.63, 3.8) is 0 Å². The Kier molecular flexibility index (Phi) is 8.58. The quantitative estimate of drug-likeness (QED) is 0.409. The first-order valence-corrected chi connectivity index (χ1v) is 11.2. The fourth-order valence-corrected chi connectivity index (χ4v) is 3.73. The molecule has 0 radical (unpaired) electrons. The fourth-order valence-electron chi connectivity index (χ4n) is 2.77. The van der Waals surface area contributed by atoms with Crippen LogP contribution in [0.25, 0.3) is 0 Å². The lowest BCUT2D eigenvalue weighted by atomic mass is 10.1. The van der Waals surface area contributed by atoms with Gasteiger partial charge in [-0.3, -0.25) is 0 Å². The lowest BCUT2D eigenvalue weighted by molar-refractivity contribution is 0.272. The number of hydrogen-bond donors (Lipinski definition) is 2. The number of benzene rings is 2. The highest BCUT2D eigenvalue weighted by molar-refractivity contribution is 7.89. The monoisotopic (exact) mass is 442 g/mol. The zero-order valence-corrected chi connectivity index (χ0v) is 18.3. The van der Waals surface area contributed by atoms with Crippen LogP contribution in [0.5, 0.6) is 17.2 Å². The zero-order chi connectivity index (χ0) is 21.4. The molecule has 160 valence electrons. The molecule has 0 aromatic heterocycles. The van der Waals surface area contributed by atoms with Crippen molar-refractivity contribution >= 4 is 21.6 Å². The minimum atomic E-state index is -3.92. The molecule has 29 heavy (non-hydrogen) atoms. The van der Waals surface area contributed by atoms with Gasteiger partial charge in [0, 0.05) is 12.6 Å². The summed E-state index contributed by atoms with van der Waals surface area (Å²) in [4.78, 5) is -0.0915. The smallest absolute Gasteiger partial charge is 0.241 e. The van der Waals surface area contributed by atoms with E-state index in [2.05, 4.69) is 5.32 Å². The van der Waals surface area contributed by atoms with Gasteiger partial charge in [-0.2, -0.15) is 0 Å². The van der Waals surface area contributed by atoms with Crippen molar-refractivity contribution in [2.24, 2.45) is 5.14 Å². The number of rotatable bonds is 11. The second-order valence-electron chi connectivity index (χ2n) is 6.33. The summed E-state index contributed by atoms with van der Waals surface area (Å²) < 4.78 is 40.0. The Balaban J connectivity index is 1.95. The molecule has 9 heteroatoms. The van der Waals surface area contributed by atoms with Gasteiger partial charge in [0.25, 0.3) is 0 Å². The minimum Gasteiger partial charge on any atom is -0.495 e. The third kappa shape index (κ3) is 6.50. The number of hydrogen-bond acceptors (Lipinski definition) is 6. The third-order valence-electron chi connectivity index (χ3n) is 4.23. The van der Waals surface area contributed by atoms with Crippen molar-refractivity contribution < 1.29 is 22.6 Å². The highest BCUT2D eigenvalue weighted by Crippen LogP contribution is 2.31. The summed E-state index contributed by atoms with van der Waals surface area (Å²) in [6, 6.07) is 12.0. The number of halogens is 1. The molecule has 2 rings (SSSR count). The van der Waals surface area contributed by atoms with Crippen LogP contribution in [0.15, 0.2) is 47.4 Å². The van der Waals surface area contributed by atoms with Gasteiger partial charge in [0.05, 0.1) is 19.1 Å². The standard InChI is InChI=1S/C20H27ClN2O5S/c1-4-27-16-7-5-6-8-17(16)28-12-11-23-14(2)20(21)15-9-10-18(26-3)19(13-15)29(22,24)25/h5-10,13-14,20,23H,4,11-12H2,1-3H3,(H2,22,24,25). The van der Waals surface area contributed by atoms with E-state index in [1.807, 2.05) is 38.1 Å². The van der Waals surface area contributed by atoms with E-state index in [0.29, 0.717) is 36.8 Å². The highest BCUT2D eigenvalue weighted by Gasteiger charge is 2.21. The van der Waals surface area contributed by atoms with Gasteiger partial charge in [0.15, 0.2) is 11.5 Å². The summed E-state index contributed by atoms with van der Waals surface area (Å²) in [5.41, 5.74) is 0.624. The summed E-state index contributed by atoms with van der Waals surface area (Å²) in [7, 11) is -2.54. The molecule has 0 spiro atoms. The van der Waals surface area contributed by atoms with E-state index in [0.717, 1.165) is 0 Å². The van der Waals surface area contributed by atoms with E-state index in [9.17, 15) is 8.42 Å². The molecule has 2 aromatic rings. The number of nitrogens with two attached hydrogens (primary N) is 1. The fraction of sp³-hybridized carbons (Fsp3) is 0.400. The SMILES string of the molecule is CCOc1ccccc1OCCNC(C)C(Cl)c1ccc(OC)c(S(N)(=O)=O)c1. The van der Waals surface area contributed by atoms with E-state index in [4.69, 9.17) is 31.0 Å². The summed E-state index contributed by atoms with van der Waals surface area (Å²) in [6.07, 6.45) is 0. The topological polar surface area (TPSA) is 99.9 Å². The molecule has 0 bridgehead atoms. The van der Waals surface area contributed by atoms with E-state index in [-0.39, 0.29) is 16.7 Å². The lowest BCUT2D eigenvalue weighted by Crippen LogP contribution is -2.33. The second kappa shape index (κ2) is 10.7. The van der Waals surface area contributed by atoms with Crippen LogP contribution in [-0.2, 0) is 10.0 Å². The normalized spacial score (nSPS) is 13.6. The Labute approximate surface area is 177 Å². The van der Waals surface area contributed by atoms with Crippen LogP contribution in [0.1, 0.15) is 24.8 Å². The molecule has 0 fully saturated rings. The van der Waals surface area contributed by atoms with Gasteiger partial charge in [-0.1, -0.05) is 18.2 Å². The summed E-state index contributed by atoms with van der Waals surface area (Å²) in [5, 5.41) is 8.08. The molecule has 0 saturated heterocycles. The van der Waals surface area contributed by atoms with E-state index >= 15 is 0 Å². The van der Waals surface area contributed by atoms with Gasteiger partial charge < -0.3 is 19.5 Å². The predicted octanol–water partition coefficient (Wildman–Crippen LogP) is 3.08. The van der Waals surface area contributed by atoms with Gasteiger partial charge in [0.2, 0.25) is 10.0 Å². The van der Waals surface area contributed by atoms with Crippen LogP contribution < -0.4 is 24.7 Å². The Morgan fingerprint density at radius 3 is 2.34 bits per heavy atom. The Hall–Kier alpha value is -2.00. The molecule has 2 aromatic carbocycles. The van der Waals surface area contributed by atoms with Gasteiger partial charge in [-0.25, -0.2) is 13.6 Å². The molecule has 0 aliphatic carbocycles. The molecular weight excluding hydrogens is 416 g/mol. The third-order valence-corrected chi connectivity index (χ3v) is 5.79. The van der Waals surface area contributed by atoms with E-state index < -0.39 is 15.4 Å². The summed E-state index contributed by atoms with van der Waals surface area (Å²) in [5.74, 6) is 1.56. The van der Waals surface area contributed by atoms with Crippen LogP contribution in [0, 0.1) is 0 Å². The first-order valence-electron chi connectivity index (χ1n) is 9.20. The van der Waals surface area contributed by atoms with Crippen molar-refractivity contribution in [2.75, 3.05) is 26.9 Å². The highest BCUT2D eigenvalue weighted by atomic mass is 35.5. The number of primary sulfonamides is 1. The van der Waals surface area contributed by atoms with Crippen molar-refractivity contribution in [1.82, 2.24) is 5.32 Å². The van der Waals surface area contributed by atoms with Crippen LogP contribution >= 0.6 is 11.6 Å². The Morgan fingerprint density at radius 1 is 1.10 bits per heavy atom. The summed E-state index contributed by atoms with van der Waals surface area (Å²) >= 11 is 6.54. The van der Waals surface area contributed by atoms with Crippen LogP contribution in [0.2, 0.25) is 0 Å². The van der Waals surface area contributed by atoms with Gasteiger partial charge in [0.1, 0.15) is 17.3 Å².